The molecule has 3 amide bonds. The number of ether oxygens (including phenoxy) is 1. The van der Waals surface area contributed by atoms with E-state index in [2.05, 4.69) is 26.1 Å². The molecule has 0 spiro atoms. The maximum atomic E-state index is 12.7. The fraction of sp³-hybridized carbons (Fsp3) is 0.520. The number of nitro groups is 1. The van der Waals surface area contributed by atoms with Gasteiger partial charge in [0.2, 0.25) is 5.91 Å². The molecule has 1 atom stereocenters. The SMILES string of the molecule is CC[N+](CC)(CC)CCCC(=O)OC(CNC(=O)CCN1C(=O)C=CC1=O)c1ccccc1[N+](=O)[O-]. The molecule has 11 heteroatoms. The van der Waals surface area contributed by atoms with Crippen LogP contribution in [0.3, 0.4) is 0 Å². The normalized spacial score (nSPS) is 14.1. The molecule has 1 heterocycles. The van der Waals surface area contributed by atoms with Crippen molar-refractivity contribution < 1.29 is 33.3 Å². The summed E-state index contributed by atoms with van der Waals surface area (Å²) < 4.78 is 6.50. The van der Waals surface area contributed by atoms with E-state index < -0.39 is 34.7 Å². The van der Waals surface area contributed by atoms with Crippen LogP contribution in [0.25, 0.3) is 0 Å². The summed E-state index contributed by atoms with van der Waals surface area (Å²) in [7, 11) is 0. The molecule has 1 aromatic rings. The number of nitrogens with one attached hydrogen (secondary N) is 1. The Labute approximate surface area is 210 Å². The van der Waals surface area contributed by atoms with Gasteiger partial charge in [-0.25, -0.2) is 0 Å². The van der Waals surface area contributed by atoms with Gasteiger partial charge >= 0.3 is 5.97 Å². The van der Waals surface area contributed by atoms with Gasteiger partial charge in [-0.2, -0.15) is 0 Å². The van der Waals surface area contributed by atoms with Crippen LogP contribution >= 0.6 is 0 Å². The van der Waals surface area contributed by atoms with Gasteiger partial charge in [0.15, 0.2) is 6.10 Å². The third kappa shape index (κ3) is 7.70. The zero-order valence-electron chi connectivity index (χ0n) is 21.1. The summed E-state index contributed by atoms with van der Waals surface area (Å²) in [5.41, 5.74) is -0.0476. The van der Waals surface area contributed by atoms with Crippen LogP contribution in [-0.2, 0) is 23.9 Å². The van der Waals surface area contributed by atoms with Crippen LogP contribution in [0.15, 0.2) is 36.4 Å². The van der Waals surface area contributed by atoms with E-state index in [9.17, 15) is 29.3 Å². The topological polar surface area (TPSA) is 136 Å². The van der Waals surface area contributed by atoms with Crippen LogP contribution in [0, 0.1) is 10.1 Å². The van der Waals surface area contributed by atoms with Gasteiger partial charge in [0.05, 0.1) is 49.6 Å². The molecular weight excluding hydrogens is 468 g/mol. The van der Waals surface area contributed by atoms with Gasteiger partial charge in [-0.1, -0.05) is 12.1 Å². The van der Waals surface area contributed by atoms with Crippen molar-refractivity contribution in [2.45, 2.75) is 46.1 Å². The lowest BCUT2D eigenvalue weighted by Crippen LogP contribution is -2.48. The third-order valence-corrected chi connectivity index (χ3v) is 6.73. The quantitative estimate of drug-likeness (QED) is 0.127. The molecule has 11 nitrogen and oxygen atoms in total. The molecule has 0 saturated carbocycles. The molecule has 0 saturated heterocycles. The molecule has 1 aliphatic rings. The van der Waals surface area contributed by atoms with Crippen LogP contribution in [0.2, 0.25) is 0 Å². The van der Waals surface area contributed by atoms with Crippen LogP contribution in [0.4, 0.5) is 5.69 Å². The van der Waals surface area contributed by atoms with Gasteiger partial charge in [-0.3, -0.25) is 34.2 Å². The Morgan fingerprint density at radius 3 is 2.25 bits per heavy atom. The predicted octanol–water partition coefficient (Wildman–Crippen LogP) is 2.27. The van der Waals surface area contributed by atoms with Crippen LogP contribution in [0.1, 0.15) is 51.7 Å². The number of esters is 1. The molecule has 0 bridgehead atoms. The Hall–Kier alpha value is -3.60. The molecule has 1 N–H and O–H groups in total. The summed E-state index contributed by atoms with van der Waals surface area (Å²) in [5, 5.41) is 14.1. The zero-order valence-corrected chi connectivity index (χ0v) is 21.1. The van der Waals surface area contributed by atoms with Crippen molar-refractivity contribution in [1.82, 2.24) is 10.2 Å². The molecule has 0 aromatic heterocycles. The average molecular weight is 504 g/mol. The highest BCUT2D eigenvalue weighted by Crippen LogP contribution is 2.27. The van der Waals surface area contributed by atoms with Gasteiger partial charge in [0.1, 0.15) is 0 Å². The number of quaternary nitrogens is 1. The Balaban J connectivity index is 2.03. The van der Waals surface area contributed by atoms with Crippen LogP contribution in [0.5, 0.6) is 0 Å². The second kappa shape index (κ2) is 13.5. The van der Waals surface area contributed by atoms with Crippen molar-refractivity contribution in [2.24, 2.45) is 0 Å². The summed E-state index contributed by atoms with van der Waals surface area (Å²) in [6.45, 7) is 9.74. The Bertz CT molecular complexity index is 978. The summed E-state index contributed by atoms with van der Waals surface area (Å²) in [5.74, 6) is -1.97. The molecule has 0 fully saturated rings. The largest absolute Gasteiger partial charge is 0.455 e. The molecule has 0 aliphatic carbocycles. The van der Waals surface area contributed by atoms with Crippen molar-refractivity contribution >= 4 is 29.4 Å². The second-order valence-electron chi connectivity index (χ2n) is 8.63. The fourth-order valence-corrected chi connectivity index (χ4v) is 4.22. The van der Waals surface area contributed by atoms with Crippen molar-refractivity contribution in [3.8, 4) is 0 Å². The van der Waals surface area contributed by atoms with Crippen molar-refractivity contribution in [1.29, 1.82) is 0 Å². The number of benzene rings is 1. The first-order valence-electron chi connectivity index (χ1n) is 12.2. The van der Waals surface area contributed by atoms with E-state index in [4.69, 9.17) is 4.74 Å². The molecule has 2 rings (SSSR count). The standard InChI is InChI=1S/C25H34N4O7/c1-4-29(5-2,6-3)17-9-12-25(33)36-21(19-10-7-8-11-20(19)28(34)35)18-26-22(30)15-16-27-23(31)13-14-24(27)32/h7-8,10-11,13-14,21H,4-6,9,12,15-18H2,1-3H3/p+1. The van der Waals surface area contributed by atoms with E-state index in [0.29, 0.717) is 6.42 Å². The minimum absolute atomic E-state index is 0.0985. The second-order valence-corrected chi connectivity index (χ2v) is 8.63. The third-order valence-electron chi connectivity index (χ3n) is 6.73. The van der Waals surface area contributed by atoms with Crippen LogP contribution < -0.4 is 5.32 Å². The maximum Gasteiger partial charge on any atom is 0.306 e. The molecular formula is C25H35N4O7+. The van der Waals surface area contributed by atoms with Gasteiger partial charge in [-0.15, -0.1) is 0 Å². The van der Waals surface area contributed by atoms with Crippen LogP contribution in [-0.4, -0.2) is 77.3 Å². The molecule has 1 unspecified atom stereocenters. The molecule has 0 radical (unpaired) electrons. The highest BCUT2D eigenvalue weighted by atomic mass is 16.6. The number of carbonyl (C=O) groups excluding carboxylic acids is 4. The highest BCUT2D eigenvalue weighted by Gasteiger charge is 2.28. The molecule has 196 valence electrons. The van der Waals surface area contributed by atoms with Crippen molar-refractivity contribution in [3.63, 3.8) is 0 Å². The number of rotatable bonds is 15. The Morgan fingerprint density at radius 2 is 1.67 bits per heavy atom. The number of carbonyl (C=O) groups is 4. The highest BCUT2D eigenvalue weighted by molar-refractivity contribution is 6.13. The zero-order chi connectivity index (χ0) is 26.7. The first-order valence-corrected chi connectivity index (χ1v) is 12.2. The summed E-state index contributed by atoms with van der Waals surface area (Å²) in [6, 6.07) is 5.90. The number of hydrogen-bond acceptors (Lipinski definition) is 7. The first-order chi connectivity index (χ1) is 17.2. The first kappa shape index (κ1) is 28.6. The van der Waals surface area contributed by atoms with E-state index in [0.717, 1.165) is 47.7 Å². The smallest absolute Gasteiger partial charge is 0.306 e. The van der Waals surface area contributed by atoms with E-state index in [1.54, 1.807) is 6.07 Å². The van der Waals surface area contributed by atoms with Crippen molar-refractivity contribution in [2.75, 3.05) is 39.3 Å². The van der Waals surface area contributed by atoms with Gasteiger partial charge in [-0.05, 0) is 26.8 Å². The van der Waals surface area contributed by atoms with Crippen molar-refractivity contribution in [3.05, 3.63) is 52.1 Å². The number of imide groups is 1. The maximum absolute atomic E-state index is 12.7. The molecule has 36 heavy (non-hydrogen) atoms. The number of nitrogens with zero attached hydrogens (tertiary/aromatic N) is 3. The summed E-state index contributed by atoms with van der Waals surface area (Å²) >= 11 is 0. The lowest BCUT2D eigenvalue weighted by atomic mass is 10.1. The van der Waals surface area contributed by atoms with Gasteiger partial charge in [0.25, 0.3) is 17.5 Å². The Kier molecular flexibility index (Phi) is 10.7. The number of amides is 3. The number of hydrogen-bond donors (Lipinski definition) is 1. The van der Waals surface area contributed by atoms with Gasteiger partial charge < -0.3 is 14.5 Å². The molecule has 1 aliphatic heterocycles. The minimum atomic E-state index is -1.07. The number of para-hydroxylation sites is 1. The lowest BCUT2D eigenvalue weighted by Gasteiger charge is -2.35. The monoisotopic (exact) mass is 503 g/mol. The van der Waals surface area contributed by atoms with E-state index >= 15 is 0 Å². The molecule has 1 aromatic carbocycles. The minimum Gasteiger partial charge on any atom is -0.455 e. The fourth-order valence-electron chi connectivity index (χ4n) is 4.22. The van der Waals surface area contributed by atoms with E-state index in [1.165, 1.54) is 18.2 Å². The van der Waals surface area contributed by atoms with E-state index in [1.807, 2.05) is 0 Å². The average Bonchev–Trinajstić information content (AvgIpc) is 3.20. The van der Waals surface area contributed by atoms with E-state index in [-0.39, 0.29) is 37.2 Å². The van der Waals surface area contributed by atoms with Gasteiger partial charge in [0, 0.05) is 37.6 Å². The lowest BCUT2D eigenvalue weighted by molar-refractivity contribution is -0.923. The predicted molar refractivity (Wildman–Crippen MR) is 131 cm³/mol. The Morgan fingerprint density at radius 1 is 1.06 bits per heavy atom. The summed E-state index contributed by atoms with van der Waals surface area (Å²) in [4.78, 5) is 60.3. The number of nitro benzene ring substituents is 1. The summed E-state index contributed by atoms with van der Waals surface area (Å²) in [6.07, 6.45) is 1.81.